The van der Waals surface area contributed by atoms with E-state index < -0.39 is 0 Å². The van der Waals surface area contributed by atoms with Gasteiger partial charge < -0.3 is 19.1 Å². The van der Waals surface area contributed by atoms with Crippen LogP contribution in [0.3, 0.4) is 0 Å². The summed E-state index contributed by atoms with van der Waals surface area (Å²) in [4.78, 5) is 18.9. The lowest BCUT2D eigenvalue weighted by atomic mass is 9.95. The number of carbonyl (C=O) groups excluding carboxylic acids is 1. The number of piperidine rings is 1. The van der Waals surface area contributed by atoms with Crippen molar-refractivity contribution in [3.05, 3.63) is 53.9 Å². The van der Waals surface area contributed by atoms with E-state index in [2.05, 4.69) is 30.2 Å². The number of benzene rings is 1. The largest absolute Gasteiger partial charge is 0.459 e. The number of oxazole rings is 1. The van der Waals surface area contributed by atoms with Crippen molar-refractivity contribution in [3.63, 3.8) is 0 Å². The summed E-state index contributed by atoms with van der Waals surface area (Å²) in [5, 5.41) is 12.4. The number of nitrogens with zero attached hydrogens (tertiary/aromatic N) is 3. The summed E-state index contributed by atoms with van der Waals surface area (Å²) >= 11 is 0. The lowest BCUT2D eigenvalue weighted by Gasteiger charge is -2.31. The molecule has 3 aromatic rings. The van der Waals surface area contributed by atoms with Crippen LogP contribution in [0.2, 0.25) is 0 Å². The fourth-order valence-electron chi connectivity index (χ4n) is 3.65. The van der Waals surface area contributed by atoms with Gasteiger partial charge in [0.1, 0.15) is 6.07 Å². The van der Waals surface area contributed by atoms with Crippen molar-refractivity contribution in [2.45, 2.75) is 32.6 Å². The Morgan fingerprint density at radius 2 is 1.97 bits per heavy atom. The van der Waals surface area contributed by atoms with E-state index in [0.29, 0.717) is 43.5 Å². The average Bonchev–Trinajstić information content (AvgIpc) is 3.44. The van der Waals surface area contributed by atoms with Crippen molar-refractivity contribution in [3.8, 4) is 17.7 Å². The monoisotopic (exact) mass is 404 g/mol. The van der Waals surface area contributed by atoms with Gasteiger partial charge in [-0.15, -0.1) is 0 Å². The Labute approximate surface area is 175 Å². The van der Waals surface area contributed by atoms with E-state index in [1.807, 2.05) is 29.2 Å². The molecule has 1 aliphatic rings. The highest BCUT2D eigenvalue weighted by atomic mass is 16.4. The zero-order chi connectivity index (χ0) is 21.1. The van der Waals surface area contributed by atoms with Crippen LogP contribution in [0.25, 0.3) is 11.7 Å². The van der Waals surface area contributed by atoms with Gasteiger partial charge in [0.15, 0.2) is 5.76 Å². The molecule has 0 aliphatic carbocycles. The minimum absolute atomic E-state index is 0.0290. The van der Waals surface area contributed by atoms with Crippen LogP contribution in [0.5, 0.6) is 0 Å². The second kappa shape index (κ2) is 8.46. The molecule has 1 saturated heterocycles. The zero-order valence-corrected chi connectivity index (χ0v) is 17.1. The summed E-state index contributed by atoms with van der Waals surface area (Å²) in [7, 11) is 0. The lowest BCUT2D eigenvalue weighted by Crippen LogP contribution is -2.38. The standard InChI is InChI=1S/C23H24N4O3/c1-15(2)16-5-7-18(8-6-16)25-21(28)17-9-11-27(12-10-17)23-19(14-24)26-22(30-23)20-4-3-13-29-20/h3-8,13,15,17H,9-12H2,1-2H3,(H,25,28). The first kappa shape index (κ1) is 19.8. The van der Waals surface area contributed by atoms with Gasteiger partial charge in [0, 0.05) is 24.7 Å². The van der Waals surface area contributed by atoms with Crippen LogP contribution < -0.4 is 10.2 Å². The first-order chi connectivity index (χ1) is 14.5. The van der Waals surface area contributed by atoms with Crippen molar-refractivity contribution < 1.29 is 13.6 Å². The first-order valence-corrected chi connectivity index (χ1v) is 10.2. The van der Waals surface area contributed by atoms with Crippen LogP contribution in [0.15, 0.2) is 51.5 Å². The van der Waals surface area contributed by atoms with E-state index >= 15 is 0 Å². The number of nitriles is 1. The number of hydrogen-bond donors (Lipinski definition) is 1. The van der Waals surface area contributed by atoms with Crippen LogP contribution in [-0.2, 0) is 4.79 Å². The third-order valence-electron chi connectivity index (χ3n) is 5.44. The van der Waals surface area contributed by atoms with Gasteiger partial charge in [-0.2, -0.15) is 10.2 Å². The molecule has 7 heteroatoms. The van der Waals surface area contributed by atoms with E-state index in [9.17, 15) is 10.1 Å². The van der Waals surface area contributed by atoms with Crippen LogP contribution in [0.1, 0.15) is 43.9 Å². The summed E-state index contributed by atoms with van der Waals surface area (Å²) in [6.45, 7) is 5.52. The lowest BCUT2D eigenvalue weighted by molar-refractivity contribution is -0.120. The van der Waals surface area contributed by atoms with Crippen LogP contribution >= 0.6 is 0 Å². The second-order valence-corrected chi connectivity index (χ2v) is 7.79. The number of anilines is 2. The molecule has 1 aliphatic heterocycles. The fraction of sp³-hybridized carbons (Fsp3) is 0.348. The van der Waals surface area contributed by atoms with Crippen LogP contribution in [0.4, 0.5) is 11.6 Å². The van der Waals surface area contributed by atoms with Crippen molar-refractivity contribution in [1.29, 1.82) is 5.26 Å². The Bertz CT molecular complexity index is 1040. The summed E-state index contributed by atoms with van der Waals surface area (Å²) in [6, 6.07) is 13.6. The molecular weight excluding hydrogens is 380 g/mol. The van der Waals surface area contributed by atoms with E-state index in [1.54, 1.807) is 12.1 Å². The SMILES string of the molecule is CC(C)c1ccc(NC(=O)C2CCN(c3oc(-c4ccco4)nc3C#N)CC2)cc1. The minimum atomic E-state index is -0.0796. The molecule has 0 bridgehead atoms. The number of carbonyl (C=O) groups is 1. The molecule has 0 saturated carbocycles. The maximum Gasteiger partial charge on any atom is 0.266 e. The van der Waals surface area contributed by atoms with E-state index in [-0.39, 0.29) is 23.4 Å². The Kier molecular flexibility index (Phi) is 5.57. The summed E-state index contributed by atoms with van der Waals surface area (Å²) < 4.78 is 11.1. The van der Waals surface area contributed by atoms with Gasteiger partial charge in [-0.25, -0.2) is 0 Å². The highest BCUT2D eigenvalue weighted by Crippen LogP contribution is 2.31. The number of rotatable bonds is 5. The van der Waals surface area contributed by atoms with E-state index in [0.717, 1.165) is 5.69 Å². The third-order valence-corrected chi connectivity index (χ3v) is 5.44. The molecule has 7 nitrogen and oxygen atoms in total. The third kappa shape index (κ3) is 4.08. The van der Waals surface area contributed by atoms with Gasteiger partial charge in [-0.3, -0.25) is 4.79 Å². The number of amides is 1. The van der Waals surface area contributed by atoms with Crippen molar-refractivity contribution in [2.24, 2.45) is 5.92 Å². The molecule has 0 atom stereocenters. The fourth-order valence-corrected chi connectivity index (χ4v) is 3.65. The molecule has 0 radical (unpaired) electrons. The molecule has 1 aromatic carbocycles. The Morgan fingerprint density at radius 1 is 1.23 bits per heavy atom. The topological polar surface area (TPSA) is 95.3 Å². The molecule has 30 heavy (non-hydrogen) atoms. The predicted molar refractivity (Wildman–Crippen MR) is 113 cm³/mol. The van der Waals surface area contributed by atoms with Gasteiger partial charge >= 0.3 is 0 Å². The molecular formula is C23H24N4O3. The maximum absolute atomic E-state index is 12.7. The number of nitrogens with one attached hydrogen (secondary N) is 1. The molecule has 4 rings (SSSR count). The highest BCUT2D eigenvalue weighted by Gasteiger charge is 2.29. The maximum atomic E-state index is 12.7. The van der Waals surface area contributed by atoms with Crippen molar-refractivity contribution in [1.82, 2.24) is 4.98 Å². The molecule has 154 valence electrons. The van der Waals surface area contributed by atoms with Gasteiger partial charge in [-0.05, 0) is 48.6 Å². The van der Waals surface area contributed by atoms with Crippen molar-refractivity contribution in [2.75, 3.05) is 23.3 Å². The van der Waals surface area contributed by atoms with E-state index in [1.165, 1.54) is 11.8 Å². The zero-order valence-electron chi connectivity index (χ0n) is 17.1. The van der Waals surface area contributed by atoms with Crippen molar-refractivity contribution >= 4 is 17.5 Å². The Balaban J connectivity index is 1.38. The van der Waals surface area contributed by atoms with Gasteiger partial charge in [0.25, 0.3) is 5.89 Å². The number of aromatic nitrogens is 1. The Morgan fingerprint density at radius 3 is 2.57 bits per heavy atom. The Hall–Kier alpha value is -3.53. The second-order valence-electron chi connectivity index (χ2n) is 7.79. The summed E-state index contributed by atoms with van der Waals surface area (Å²) in [5.41, 5.74) is 2.29. The molecule has 0 unspecified atom stereocenters. The number of hydrogen-bond acceptors (Lipinski definition) is 6. The molecule has 2 aromatic heterocycles. The van der Waals surface area contributed by atoms with E-state index in [4.69, 9.17) is 8.83 Å². The van der Waals surface area contributed by atoms with Gasteiger partial charge in [0.2, 0.25) is 17.5 Å². The average molecular weight is 404 g/mol. The first-order valence-electron chi connectivity index (χ1n) is 10.2. The predicted octanol–water partition coefficient (Wildman–Crippen LogP) is 4.78. The smallest absolute Gasteiger partial charge is 0.266 e. The molecule has 1 amide bonds. The van der Waals surface area contributed by atoms with Crippen LogP contribution in [0, 0.1) is 17.2 Å². The van der Waals surface area contributed by atoms with Gasteiger partial charge in [-0.1, -0.05) is 26.0 Å². The normalized spacial score (nSPS) is 14.7. The minimum Gasteiger partial charge on any atom is -0.459 e. The number of furan rings is 1. The quantitative estimate of drug-likeness (QED) is 0.657. The molecule has 3 heterocycles. The summed E-state index contributed by atoms with van der Waals surface area (Å²) in [6.07, 6.45) is 2.89. The molecule has 1 fully saturated rings. The molecule has 1 N–H and O–H groups in total. The summed E-state index contributed by atoms with van der Waals surface area (Å²) in [5.74, 6) is 1.62. The molecule has 0 spiro atoms. The van der Waals surface area contributed by atoms with Crippen LogP contribution in [-0.4, -0.2) is 24.0 Å². The highest BCUT2D eigenvalue weighted by molar-refractivity contribution is 5.92. The van der Waals surface area contributed by atoms with Gasteiger partial charge in [0.05, 0.1) is 6.26 Å².